The molecule has 0 fully saturated rings. The molecule has 0 saturated heterocycles. The van der Waals surface area contributed by atoms with E-state index in [0.717, 1.165) is 12.1 Å². The highest BCUT2D eigenvalue weighted by molar-refractivity contribution is 7.13. The molecule has 1 amide bonds. The van der Waals surface area contributed by atoms with Gasteiger partial charge in [0.2, 0.25) is 0 Å². The topological polar surface area (TPSA) is 60.5 Å². The van der Waals surface area contributed by atoms with Crippen LogP contribution in [-0.2, 0) is 0 Å². The van der Waals surface area contributed by atoms with Gasteiger partial charge in [-0.05, 0) is 31.4 Å². The minimum absolute atomic E-state index is 0.293. The minimum Gasteiger partial charge on any atom is -0.493 e. The highest BCUT2D eigenvalue weighted by atomic mass is 35.5. The van der Waals surface area contributed by atoms with Gasteiger partial charge < -0.3 is 9.47 Å². The molecule has 130 valence electrons. The summed E-state index contributed by atoms with van der Waals surface area (Å²) >= 11 is 7.65. The molecular weight excluding hydrogens is 348 g/mol. The first-order chi connectivity index (χ1) is 11.4. The van der Waals surface area contributed by atoms with Crippen molar-refractivity contribution in [3.05, 3.63) is 33.8 Å². The Balaban J connectivity index is 2.16. The van der Waals surface area contributed by atoms with Gasteiger partial charge in [-0.3, -0.25) is 10.1 Å². The van der Waals surface area contributed by atoms with Crippen LogP contribution >= 0.6 is 22.9 Å². The number of methoxy groups -OCH3 is 1. The third kappa shape index (κ3) is 4.85. The Morgan fingerprint density at radius 2 is 2.17 bits per heavy atom. The van der Waals surface area contributed by atoms with Crippen molar-refractivity contribution in [2.45, 2.75) is 27.2 Å². The average molecular weight is 369 g/mol. The first-order valence-corrected chi connectivity index (χ1v) is 8.90. The summed E-state index contributed by atoms with van der Waals surface area (Å²) in [5.74, 6) is 1.13. The van der Waals surface area contributed by atoms with Gasteiger partial charge in [0, 0.05) is 10.9 Å². The van der Waals surface area contributed by atoms with Crippen molar-refractivity contribution in [3.63, 3.8) is 0 Å². The molecule has 1 heterocycles. The molecule has 2 aromatic rings. The molecule has 1 N–H and O–H groups in total. The number of benzene rings is 1. The van der Waals surface area contributed by atoms with Gasteiger partial charge in [-0.2, -0.15) is 0 Å². The SMILES string of the molecule is COc1cc(C(=O)Nc2nc(C)cs2)cc(Cl)c1OCCC(C)C. The Hall–Kier alpha value is -1.79. The van der Waals surface area contributed by atoms with Crippen molar-refractivity contribution in [2.24, 2.45) is 5.92 Å². The Kier molecular flexibility index (Phi) is 6.45. The molecule has 0 aliphatic carbocycles. The lowest BCUT2D eigenvalue weighted by molar-refractivity contribution is 0.102. The Bertz CT molecular complexity index is 716. The van der Waals surface area contributed by atoms with E-state index in [0.29, 0.717) is 39.7 Å². The lowest BCUT2D eigenvalue weighted by Gasteiger charge is -2.14. The lowest BCUT2D eigenvalue weighted by Crippen LogP contribution is -2.12. The van der Waals surface area contributed by atoms with Crippen LogP contribution in [0, 0.1) is 12.8 Å². The van der Waals surface area contributed by atoms with Crippen LogP contribution in [0.2, 0.25) is 5.02 Å². The maximum Gasteiger partial charge on any atom is 0.257 e. The Labute approximate surface area is 151 Å². The predicted molar refractivity (Wildman–Crippen MR) is 97.8 cm³/mol. The van der Waals surface area contributed by atoms with Gasteiger partial charge in [0.25, 0.3) is 5.91 Å². The number of carbonyl (C=O) groups excluding carboxylic acids is 1. The summed E-state index contributed by atoms with van der Waals surface area (Å²) in [5, 5.41) is 5.51. The van der Waals surface area contributed by atoms with Crippen LogP contribution in [0.3, 0.4) is 0 Å². The van der Waals surface area contributed by atoms with Crippen LogP contribution in [0.25, 0.3) is 0 Å². The summed E-state index contributed by atoms with van der Waals surface area (Å²) in [7, 11) is 1.52. The normalized spacial score (nSPS) is 10.8. The molecule has 0 radical (unpaired) electrons. The summed E-state index contributed by atoms with van der Waals surface area (Å²) in [4.78, 5) is 16.6. The monoisotopic (exact) mass is 368 g/mol. The van der Waals surface area contributed by atoms with Gasteiger partial charge in [-0.25, -0.2) is 4.98 Å². The molecule has 0 bridgehead atoms. The van der Waals surface area contributed by atoms with Crippen molar-refractivity contribution < 1.29 is 14.3 Å². The summed E-state index contributed by atoms with van der Waals surface area (Å²) in [6.07, 6.45) is 0.908. The van der Waals surface area contributed by atoms with Crippen LogP contribution in [-0.4, -0.2) is 24.6 Å². The maximum absolute atomic E-state index is 12.4. The van der Waals surface area contributed by atoms with Crippen LogP contribution in [0.1, 0.15) is 36.3 Å². The van der Waals surface area contributed by atoms with Crippen LogP contribution < -0.4 is 14.8 Å². The Morgan fingerprint density at radius 3 is 2.75 bits per heavy atom. The van der Waals surface area contributed by atoms with Crippen LogP contribution in [0.5, 0.6) is 11.5 Å². The average Bonchev–Trinajstić information content (AvgIpc) is 2.93. The van der Waals surface area contributed by atoms with Gasteiger partial charge in [0.15, 0.2) is 16.6 Å². The molecule has 1 aromatic heterocycles. The van der Waals surface area contributed by atoms with E-state index in [-0.39, 0.29) is 5.91 Å². The molecular formula is C17H21ClN2O3S. The van der Waals surface area contributed by atoms with Crippen molar-refractivity contribution in [3.8, 4) is 11.5 Å². The second-order valence-corrected chi connectivity index (χ2v) is 7.03. The summed E-state index contributed by atoms with van der Waals surface area (Å²) < 4.78 is 11.1. The second-order valence-electron chi connectivity index (χ2n) is 5.77. The fourth-order valence-electron chi connectivity index (χ4n) is 1.97. The summed E-state index contributed by atoms with van der Waals surface area (Å²) in [6, 6.07) is 3.19. The number of halogens is 1. The Morgan fingerprint density at radius 1 is 1.42 bits per heavy atom. The maximum atomic E-state index is 12.4. The number of carbonyl (C=O) groups is 1. The van der Waals surface area contributed by atoms with E-state index in [2.05, 4.69) is 24.1 Å². The van der Waals surface area contributed by atoms with Crippen molar-refractivity contribution in [2.75, 3.05) is 19.0 Å². The second kappa shape index (κ2) is 8.35. The number of nitrogens with zero attached hydrogens (tertiary/aromatic N) is 1. The number of rotatable bonds is 7. The number of nitrogens with one attached hydrogen (secondary N) is 1. The van der Waals surface area contributed by atoms with Gasteiger partial charge >= 0.3 is 0 Å². The molecule has 0 atom stereocenters. The molecule has 5 nitrogen and oxygen atoms in total. The van der Waals surface area contributed by atoms with E-state index in [9.17, 15) is 4.79 Å². The van der Waals surface area contributed by atoms with Crippen molar-refractivity contribution >= 4 is 34.0 Å². The molecule has 0 aliphatic rings. The first-order valence-electron chi connectivity index (χ1n) is 7.64. The third-order valence-electron chi connectivity index (χ3n) is 3.27. The minimum atomic E-state index is -0.293. The number of aromatic nitrogens is 1. The van der Waals surface area contributed by atoms with E-state index < -0.39 is 0 Å². The van der Waals surface area contributed by atoms with Gasteiger partial charge in [-0.15, -0.1) is 11.3 Å². The van der Waals surface area contributed by atoms with Gasteiger partial charge in [0.05, 0.1) is 24.4 Å². The van der Waals surface area contributed by atoms with Gasteiger partial charge in [0.1, 0.15) is 0 Å². The zero-order valence-corrected chi connectivity index (χ0v) is 15.8. The zero-order chi connectivity index (χ0) is 17.7. The lowest BCUT2D eigenvalue weighted by atomic mass is 10.1. The quantitative estimate of drug-likeness (QED) is 0.763. The first kappa shape index (κ1) is 18.5. The van der Waals surface area contributed by atoms with E-state index in [1.54, 1.807) is 12.1 Å². The van der Waals surface area contributed by atoms with E-state index >= 15 is 0 Å². The number of anilines is 1. The van der Waals surface area contributed by atoms with E-state index in [1.807, 2.05) is 12.3 Å². The standard InChI is InChI=1S/C17H21ClN2O3S/c1-10(2)5-6-23-15-13(18)7-12(8-14(15)22-4)16(21)20-17-19-11(3)9-24-17/h7-10H,5-6H2,1-4H3,(H,19,20,21). The van der Waals surface area contributed by atoms with Crippen LogP contribution in [0.15, 0.2) is 17.5 Å². The van der Waals surface area contributed by atoms with Gasteiger partial charge in [-0.1, -0.05) is 25.4 Å². The fourth-order valence-corrected chi connectivity index (χ4v) is 2.92. The number of hydrogen-bond donors (Lipinski definition) is 1. The number of ether oxygens (including phenoxy) is 2. The smallest absolute Gasteiger partial charge is 0.257 e. The molecule has 0 unspecified atom stereocenters. The molecule has 0 saturated carbocycles. The highest BCUT2D eigenvalue weighted by Gasteiger charge is 2.17. The molecule has 0 spiro atoms. The number of aryl methyl sites for hydroxylation is 1. The number of hydrogen-bond acceptors (Lipinski definition) is 5. The molecule has 2 rings (SSSR count). The van der Waals surface area contributed by atoms with E-state index in [4.69, 9.17) is 21.1 Å². The molecule has 7 heteroatoms. The highest BCUT2D eigenvalue weighted by Crippen LogP contribution is 2.37. The van der Waals surface area contributed by atoms with Crippen molar-refractivity contribution in [1.82, 2.24) is 4.98 Å². The number of amides is 1. The molecule has 24 heavy (non-hydrogen) atoms. The fraction of sp³-hybridized carbons (Fsp3) is 0.412. The molecule has 1 aromatic carbocycles. The molecule has 0 aliphatic heterocycles. The predicted octanol–water partition coefficient (Wildman–Crippen LogP) is 4.79. The summed E-state index contributed by atoms with van der Waals surface area (Å²) in [5.41, 5.74) is 1.25. The van der Waals surface area contributed by atoms with Crippen LogP contribution in [0.4, 0.5) is 5.13 Å². The van der Waals surface area contributed by atoms with E-state index in [1.165, 1.54) is 18.4 Å². The summed E-state index contributed by atoms with van der Waals surface area (Å²) in [6.45, 7) is 6.65. The number of thiazole rings is 1. The largest absolute Gasteiger partial charge is 0.493 e. The van der Waals surface area contributed by atoms with Crippen molar-refractivity contribution in [1.29, 1.82) is 0 Å². The third-order valence-corrected chi connectivity index (χ3v) is 4.43. The zero-order valence-electron chi connectivity index (χ0n) is 14.2.